The molecule has 0 bridgehead atoms. The Hall–Kier alpha value is -3.00. The molecule has 0 amide bonds. The third-order valence-corrected chi connectivity index (χ3v) is 3.91. The zero-order valence-electron chi connectivity index (χ0n) is 12.9. The normalized spacial score (nSPS) is 15.0. The van der Waals surface area contributed by atoms with Gasteiger partial charge in [0.2, 0.25) is 5.90 Å². The first-order valence-electron chi connectivity index (χ1n) is 7.09. The number of carbonyl (C=O) groups is 1. The number of non-ortho nitro benzene ring substituents is 1. The van der Waals surface area contributed by atoms with Crippen LogP contribution >= 0.6 is 15.9 Å². The molecule has 0 spiro atoms. The van der Waals surface area contributed by atoms with E-state index >= 15 is 0 Å². The van der Waals surface area contributed by atoms with Crippen LogP contribution in [0.15, 0.2) is 57.6 Å². The number of nitrogens with zero attached hydrogens (tertiary/aromatic N) is 2. The van der Waals surface area contributed by atoms with Crippen LogP contribution in [-0.2, 0) is 9.53 Å². The second-order valence-corrected chi connectivity index (χ2v) is 5.94. The van der Waals surface area contributed by atoms with E-state index in [1.54, 1.807) is 18.2 Å². The van der Waals surface area contributed by atoms with Gasteiger partial charge in [-0.3, -0.25) is 10.1 Å². The van der Waals surface area contributed by atoms with Crippen LogP contribution in [0.5, 0.6) is 5.75 Å². The molecule has 0 fully saturated rings. The summed E-state index contributed by atoms with van der Waals surface area (Å²) in [4.78, 5) is 26.5. The highest BCUT2D eigenvalue weighted by molar-refractivity contribution is 9.10. The van der Waals surface area contributed by atoms with Gasteiger partial charge in [-0.2, -0.15) is 0 Å². The van der Waals surface area contributed by atoms with Crippen LogP contribution < -0.4 is 4.74 Å². The minimum Gasteiger partial charge on any atom is -0.496 e. The summed E-state index contributed by atoms with van der Waals surface area (Å²) in [6.07, 6.45) is 1.50. The fourth-order valence-electron chi connectivity index (χ4n) is 2.22. The summed E-state index contributed by atoms with van der Waals surface area (Å²) in [5.41, 5.74) is 1.21. The molecule has 0 aromatic heterocycles. The minimum atomic E-state index is -0.601. The Balaban J connectivity index is 1.95. The second-order valence-electron chi connectivity index (χ2n) is 5.03. The standard InChI is InChI=1S/C17H11BrN2O5/c1-24-15-7-4-11(18)9-13(15)16-19-14(17(21)25-16)8-10-2-5-12(6-3-10)20(22)23/h2-9H,1H3. The third-order valence-electron chi connectivity index (χ3n) is 3.42. The Bertz CT molecular complexity index is 919. The third kappa shape index (κ3) is 3.58. The summed E-state index contributed by atoms with van der Waals surface area (Å²) >= 11 is 3.35. The summed E-state index contributed by atoms with van der Waals surface area (Å²) in [6, 6.07) is 11.0. The lowest BCUT2D eigenvalue weighted by atomic mass is 10.2. The predicted molar refractivity (Wildman–Crippen MR) is 94.4 cm³/mol. The quantitative estimate of drug-likeness (QED) is 0.336. The van der Waals surface area contributed by atoms with Crippen molar-refractivity contribution in [2.75, 3.05) is 7.11 Å². The van der Waals surface area contributed by atoms with Gasteiger partial charge in [-0.15, -0.1) is 0 Å². The summed E-state index contributed by atoms with van der Waals surface area (Å²) in [5, 5.41) is 10.7. The van der Waals surface area contributed by atoms with Crippen molar-refractivity contribution in [1.29, 1.82) is 0 Å². The van der Waals surface area contributed by atoms with E-state index in [-0.39, 0.29) is 17.3 Å². The number of ether oxygens (including phenoxy) is 2. The molecule has 0 aliphatic carbocycles. The van der Waals surface area contributed by atoms with Crippen molar-refractivity contribution >= 4 is 39.6 Å². The van der Waals surface area contributed by atoms with Gasteiger partial charge in [-0.1, -0.05) is 15.9 Å². The molecule has 0 radical (unpaired) electrons. The highest BCUT2D eigenvalue weighted by atomic mass is 79.9. The van der Waals surface area contributed by atoms with E-state index in [1.165, 1.54) is 37.5 Å². The first-order chi connectivity index (χ1) is 12.0. The highest BCUT2D eigenvalue weighted by Gasteiger charge is 2.26. The average Bonchev–Trinajstić information content (AvgIpc) is 2.96. The maximum Gasteiger partial charge on any atom is 0.363 e. The van der Waals surface area contributed by atoms with Gasteiger partial charge in [-0.25, -0.2) is 9.79 Å². The van der Waals surface area contributed by atoms with Crippen LogP contribution in [0.4, 0.5) is 5.69 Å². The molecule has 0 saturated heterocycles. The van der Waals surface area contributed by atoms with Gasteiger partial charge in [0, 0.05) is 16.6 Å². The van der Waals surface area contributed by atoms with Crippen molar-refractivity contribution < 1.29 is 19.2 Å². The zero-order valence-corrected chi connectivity index (χ0v) is 14.5. The number of cyclic esters (lactones) is 1. The van der Waals surface area contributed by atoms with Gasteiger partial charge in [0.1, 0.15) is 5.75 Å². The number of aliphatic imine (C=N–C) groups is 1. The smallest absolute Gasteiger partial charge is 0.363 e. The molecule has 0 N–H and O–H groups in total. The molecule has 1 aliphatic heterocycles. The Kier molecular flexibility index (Phi) is 4.62. The number of methoxy groups -OCH3 is 1. The molecular weight excluding hydrogens is 392 g/mol. The fraction of sp³-hybridized carbons (Fsp3) is 0.0588. The van der Waals surface area contributed by atoms with E-state index in [0.717, 1.165) is 4.47 Å². The molecule has 0 saturated carbocycles. The number of carbonyl (C=O) groups excluding carboxylic acids is 1. The van der Waals surface area contributed by atoms with E-state index in [9.17, 15) is 14.9 Å². The maximum absolute atomic E-state index is 12.1. The molecule has 0 atom stereocenters. The van der Waals surface area contributed by atoms with Gasteiger partial charge in [0.05, 0.1) is 17.6 Å². The number of rotatable bonds is 4. The maximum atomic E-state index is 12.1. The second kappa shape index (κ2) is 6.86. The summed E-state index contributed by atoms with van der Waals surface area (Å²) in [5.74, 6) is 0.0537. The molecule has 2 aromatic carbocycles. The van der Waals surface area contributed by atoms with Crippen molar-refractivity contribution in [3.63, 3.8) is 0 Å². The van der Waals surface area contributed by atoms with E-state index in [2.05, 4.69) is 20.9 Å². The van der Waals surface area contributed by atoms with E-state index in [4.69, 9.17) is 9.47 Å². The average molecular weight is 403 g/mol. The molecule has 3 rings (SSSR count). The Morgan fingerprint density at radius 2 is 1.96 bits per heavy atom. The van der Waals surface area contributed by atoms with Crippen LogP contribution in [0.2, 0.25) is 0 Å². The van der Waals surface area contributed by atoms with E-state index < -0.39 is 10.9 Å². The number of esters is 1. The molecule has 2 aromatic rings. The number of nitro benzene ring substituents is 1. The molecule has 1 aliphatic rings. The lowest BCUT2D eigenvalue weighted by Crippen LogP contribution is -2.07. The number of benzene rings is 2. The highest BCUT2D eigenvalue weighted by Crippen LogP contribution is 2.28. The van der Waals surface area contributed by atoms with E-state index in [1.807, 2.05) is 0 Å². The number of hydrogen-bond donors (Lipinski definition) is 0. The Morgan fingerprint density at radius 3 is 2.60 bits per heavy atom. The Labute approximate surface area is 150 Å². The zero-order chi connectivity index (χ0) is 18.0. The van der Waals surface area contributed by atoms with Crippen molar-refractivity contribution in [3.05, 3.63) is 73.9 Å². The van der Waals surface area contributed by atoms with Gasteiger partial charge >= 0.3 is 5.97 Å². The molecule has 7 nitrogen and oxygen atoms in total. The van der Waals surface area contributed by atoms with Crippen LogP contribution in [0.3, 0.4) is 0 Å². The number of nitro groups is 1. The van der Waals surface area contributed by atoms with E-state index in [0.29, 0.717) is 16.9 Å². The van der Waals surface area contributed by atoms with Crippen LogP contribution in [0, 0.1) is 10.1 Å². The summed E-state index contributed by atoms with van der Waals surface area (Å²) in [7, 11) is 1.51. The van der Waals surface area contributed by atoms with Gasteiger partial charge in [0.25, 0.3) is 5.69 Å². The molecule has 1 heterocycles. The SMILES string of the molecule is COc1ccc(Br)cc1C1=NC(=Cc2ccc([N+](=O)[O-])cc2)C(=O)O1. The molecule has 0 unspecified atom stereocenters. The predicted octanol–water partition coefficient (Wildman–Crippen LogP) is 3.71. The largest absolute Gasteiger partial charge is 0.496 e. The molecule has 8 heteroatoms. The first-order valence-corrected chi connectivity index (χ1v) is 7.88. The summed E-state index contributed by atoms with van der Waals surface area (Å²) in [6.45, 7) is 0. The molecule has 25 heavy (non-hydrogen) atoms. The Morgan fingerprint density at radius 1 is 1.24 bits per heavy atom. The summed E-state index contributed by atoms with van der Waals surface area (Å²) < 4.78 is 11.3. The fourth-order valence-corrected chi connectivity index (χ4v) is 2.58. The van der Waals surface area contributed by atoms with Gasteiger partial charge in [0.15, 0.2) is 5.70 Å². The van der Waals surface area contributed by atoms with Crippen molar-refractivity contribution in [1.82, 2.24) is 0 Å². The molecular formula is C17H11BrN2O5. The topological polar surface area (TPSA) is 91.0 Å². The minimum absolute atomic E-state index is 0.0285. The first kappa shape index (κ1) is 16.8. The van der Waals surface area contributed by atoms with Crippen LogP contribution in [-0.4, -0.2) is 23.9 Å². The van der Waals surface area contributed by atoms with Gasteiger partial charge < -0.3 is 9.47 Å². The van der Waals surface area contributed by atoms with Crippen molar-refractivity contribution in [3.8, 4) is 5.75 Å². The van der Waals surface area contributed by atoms with Crippen LogP contribution in [0.25, 0.3) is 6.08 Å². The monoisotopic (exact) mass is 402 g/mol. The van der Waals surface area contributed by atoms with Crippen molar-refractivity contribution in [2.45, 2.75) is 0 Å². The lowest BCUT2D eigenvalue weighted by molar-refractivity contribution is -0.384. The number of hydrogen-bond acceptors (Lipinski definition) is 6. The van der Waals surface area contributed by atoms with Crippen molar-refractivity contribution in [2.24, 2.45) is 4.99 Å². The number of halogens is 1. The molecule has 126 valence electrons. The van der Waals surface area contributed by atoms with Gasteiger partial charge in [-0.05, 0) is 42.0 Å². The lowest BCUT2D eigenvalue weighted by Gasteiger charge is -2.07. The van der Waals surface area contributed by atoms with Crippen LogP contribution in [0.1, 0.15) is 11.1 Å².